The number of nitrogens with zero attached hydrogens (tertiary/aromatic N) is 4. The molecule has 1 N–H and O–H groups in total. The van der Waals surface area contributed by atoms with E-state index in [0.29, 0.717) is 17.6 Å². The lowest BCUT2D eigenvalue weighted by Gasteiger charge is -2.32. The van der Waals surface area contributed by atoms with Gasteiger partial charge in [0.15, 0.2) is 0 Å². The fourth-order valence-corrected chi connectivity index (χ4v) is 3.11. The standard InChI is InChI=1S/C21H27N5O/c1-25(13-10-16-6-3-2-4-7-16)21-23-18(20(27)22-15-17-8-9-17)14-19(24-21)26-11-5-12-26/h2-4,6-7,14,17H,5,8-13,15H2,1H3,(H,22,27). The van der Waals surface area contributed by atoms with Gasteiger partial charge >= 0.3 is 0 Å². The number of anilines is 2. The molecular formula is C21H27N5O. The van der Waals surface area contributed by atoms with Gasteiger partial charge in [0, 0.05) is 39.3 Å². The third kappa shape index (κ3) is 4.56. The van der Waals surface area contributed by atoms with Gasteiger partial charge in [-0.25, -0.2) is 4.98 Å². The minimum atomic E-state index is -0.0937. The van der Waals surface area contributed by atoms with E-state index in [1.807, 2.05) is 24.1 Å². The molecule has 4 rings (SSSR count). The zero-order valence-electron chi connectivity index (χ0n) is 15.9. The second kappa shape index (κ2) is 7.94. The summed E-state index contributed by atoms with van der Waals surface area (Å²) in [7, 11) is 1.99. The van der Waals surface area contributed by atoms with Crippen molar-refractivity contribution in [1.29, 1.82) is 0 Å². The molecule has 2 aliphatic rings. The van der Waals surface area contributed by atoms with Crippen LogP contribution in [0.25, 0.3) is 0 Å². The Morgan fingerprint density at radius 3 is 2.67 bits per heavy atom. The second-order valence-corrected chi connectivity index (χ2v) is 7.56. The van der Waals surface area contributed by atoms with Gasteiger partial charge in [-0.3, -0.25) is 4.79 Å². The number of hydrogen-bond donors (Lipinski definition) is 1. The molecule has 1 saturated heterocycles. The predicted octanol–water partition coefficient (Wildman–Crippen LogP) is 2.51. The summed E-state index contributed by atoms with van der Waals surface area (Å²) < 4.78 is 0. The molecule has 0 spiro atoms. The topological polar surface area (TPSA) is 61.4 Å². The van der Waals surface area contributed by atoms with E-state index in [0.717, 1.165) is 38.4 Å². The second-order valence-electron chi connectivity index (χ2n) is 7.56. The molecule has 1 saturated carbocycles. The van der Waals surface area contributed by atoms with Gasteiger partial charge in [0.25, 0.3) is 5.91 Å². The van der Waals surface area contributed by atoms with Crippen molar-refractivity contribution in [3.8, 4) is 0 Å². The molecule has 0 atom stereocenters. The van der Waals surface area contributed by atoms with Crippen LogP contribution in [0.1, 0.15) is 35.3 Å². The molecule has 1 aromatic heterocycles. The lowest BCUT2D eigenvalue weighted by molar-refractivity contribution is 0.0946. The fourth-order valence-electron chi connectivity index (χ4n) is 3.11. The first-order valence-corrected chi connectivity index (χ1v) is 9.86. The molecule has 1 aliphatic carbocycles. The van der Waals surface area contributed by atoms with E-state index in [2.05, 4.69) is 39.5 Å². The maximum Gasteiger partial charge on any atom is 0.270 e. The summed E-state index contributed by atoms with van der Waals surface area (Å²) in [5, 5.41) is 3.02. The van der Waals surface area contributed by atoms with Crippen molar-refractivity contribution in [3.63, 3.8) is 0 Å². The van der Waals surface area contributed by atoms with Gasteiger partial charge in [0.2, 0.25) is 5.95 Å². The first kappa shape index (κ1) is 17.8. The minimum Gasteiger partial charge on any atom is -0.356 e. The third-order valence-corrected chi connectivity index (χ3v) is 5.28. The Kier molecular flexibility index (Phi) is 5.23. The van der Waals surface area contributed by atoms with E-state index in [-0.39, 0.29) is 5.91 Å². The van der Waals surface area contributed by atoms with E-state index < -0.39 is 0 Å². The molecule has 1 aliphatic heterocycles. The van der Waals surface area contributed by atoms with Gasteiger partial charge in [-0.05, 0) is 37.2 Å². The highest BCUT2D eigenvalue weighted by atomic mass is 16.1. The van der Waals surface area contributed by atoms with E-state index >= 15 is 0 Å². The van der Waals surface area contributed by atoms with Crippen LogP contribution >= 0.6 is 0 Å². The molecular weight excluding hydrogens is 338 g/mol. The van der Waals surface area contributed by atoms with E-state index in [1.54, 1.807) is 0 Å². The highest BCUT2D eigenvalue weighted by Gasteiger charge is 2.24. The van der Waals surface area contributed by atoms with Crippen LogP contribution in [0.3, 0.4) is 0 Å². The average molecular weight is 365 g/mol. The van der Waals surface area contributed by atoms with Crippen LogP contribution in [0.4, 0.5) is 11.8 Å². The lowest BCUT2D eigenvalue weighted by atomic mass is 10.1. The average Bonchev–Trinajstić information content (AvgIpc) is 3.48. The Morgan fingerprint density at radius 1 is 1.22 bits per heavy atom. The summed E-state index contributed by atoms with van der Waals surface area (Å²) in [5.74, 6) is 2.03. The van der Waals surface area contributed by atoms with Crippen molar-refractivity contribution in [2.75, 3.05) is 43.0 Å². The Morgan fingerprint density at radius 2 is 2.00 bits per heavy atom. The van der Waals surface area contributed by atoms with Crippen LogP contribution in [0.15, 0.2) is 36.4 Å². The molecule has 2 heterocycles. The molecule has 6 nitrogen and oxygen atoms in total. The molecule has 2 fully saturated rings. The van der Waals surface area contributed by atoms with Crippen molar-refractivity contribution in [2.24, 2.45) is 5.92 Å². The van der Waals surface area contributed by atoms with E-state index in [9.17, 15) is 4.79 Å². The van der Waals surface area contributed by atoms with Crippen molar-refractivity contribution in [1.82, 2.24) is 15.3 Å². The Bertz CT molecular complexity index is 786. The van der Waals surface area contributed by atoms with Crippen LogP contribution in [0.5, 0.6) is 0 Å². The summed E-state index contributed by atoms with van der Waals surface area (Å²) in [4.78, 5) is 26.1. The molecule has 0 radical (unpaired) electrons. The molecule has 1 amide bonds. The van der Waals surface area contributed by atoms with Crippen molar-refractivity contribution < 1.29 is 4.79 Å². The summed E-state index contributed by atoms with van der Waals surface area (Å²) in [6, 6.07) is 12.2. The Balaban J connectivity index is 1.48. The normalized spacial score (nSPS) is 16.0. The SMILES string of the molecule is CN(CCc1ccccc1)c1nc(C(=O)NCC2CC2)cc(N2CCC2)n1. The highest BCUT2D eigenvalue weighted by molar-refractivity contribution is 5.93. The van der Waals surface area contributed by atoms with Crippen LogP contribution < -0.4 is 15.1 Å². The number of aromatic nitrogens is 2. The van der Waals surface area contributed by atoms with Crippen molar-refractivity contribution >= 4 is 17.7 Å². The third-order valence-electron chi connectivity index (χ3n) is 5.28. The zero-order chi connectivity index (χ0) is 18.6. The van der Waals surface area contributed by atoms with Gasteiger partial charge in [-0.2, -0.15) is 4.98 Å². The molecule has 2 aromatic rings. The van der Waals surface area contributed by atoms with Crippen LogP contribution in [-0.2, 0) is 6.42 Å². The molecule has 6 heteroatoms. The number of amides is 1. The Labute approximate surface area is 160 Å². The number of benzene rings is 1. The van der Waals surface area contributed by atoms with Gasteiger partial charge in [-0.1, -0.05) is 30.3 Å². The molecule has 1 aromatic carbocycles. The maximum absolute atomic E-state index is 12.6. The fraction of sp³-hybridized carbons (Fsp3) is 0.476. The maximum atomic E-state index is 12.6. The van der Waals surface area contributed by atoms with Gasteiger partial charge in [0.1, 0.15) is 11.5 Å². The number of carbonyl (C=O) groups excluding carboxylic acids is 1. The van der Waals surface area contributed by atoms with Crippen LogP contribution in [0, 0.1) is 5.92 Å². The summed E-state index contributed by atoms with van der Waals surface area (Å²) in [6.45, 7) is 3.54. The van der Waals surface area contributed by atoms with Crippen molar-refractivity contribution in [2.45, 2.75) is 25.7 Å². The minimum absolute atomic E-state index is 0.0937. The summed E-state index contributed by atoms with van der Waals surface area (Å²) in [5.41, 5.74) is 1.75. The number of nitrogens with one attached hydrogen (secondary N) is 1. The molecule has 0 bridgehead atoms. The van der Waals surface area contributed by atoms with Gasteiger partial charge in [-0.15, -0.1) is 0 Å². The first-order chi connectivity index (χ1) is 13.2. The van der Waals surface area contributed by atoms with Gasteiger partial charge in [0.05, 0.1) is 0 Å². The largest absolute Gasteiger partial charge is 0.356 e. The highest BCUT2D eigenvalue weighted by Crippen LogP contribution is 2.28. The van der Waals surface area contributed by atoms with E-state index in [1.165, 1.54) is 24.8 Å². The van der Waals surface area contributed by atoms with Crippen molar-refractivity contribution in [3.05, 3.63) is 47.7 Å². The molecule has 27 heavy (non-hydrogen) atoms. The Hall–Kier alpha value is -2.63. The smallest absolute Gasteiger partial charge is 0.270 e. The van der Waals surface area contributed by atoms with Crippen LogP contribution in [-0.4, -0.2) is 49.1 Å². The number of rotatable bonds is 8. The van der Waals surface area contributed by atoms with E-state index in [4.69, 9.17) is 4.98 Å². The first-order valence-electron chi connectivity index (χ1n) is 9.86. The molecule has 142 valence electrons. The predicted molar refractivity (Wildman–Crippen MR) is 107 cm³/mol. The number of carbonyl (C=O) groups is 1. The van der Waals surface area contributed by atoms with Crippen LogP contribution in [0.2, 0.25) is 0 Å². The monoisotopic (exact) mass is 365 g/mol. The number of likely N-dealkylation sites (N-methyl/N-ethyl adjacent to an activating group) is 1. The summed E-state index contributed by atoms with van der Waals surface area (Å²) in [6.07, 6.45) is 4.53. The molecule has 0 unspecified atom stereocenters. The summed E-state index contributed by atoms with van der Waals surface area (Å²) >= 11 is 0. The number of hydrogen-bond acceptors (Lipinski definition) is 5. The van der Waals surface area contributed by atoms with Gasteiger partial charge < -0.3 is 15.1 Å². The quantitative estimate of drug-likeness (QED) is 0.779. The zero-order valence-corrected chi connectivity index (χ0v) is 15.9. The lowest BCUT2D eigenvalue weighted by Crippen LogP contribution is -2.38.